The van der Waals surface area contributed by atoms with Crippen LogP contribution in [0.25, 0.3) is 11.3 Å². The van der Waals surface area contributed by atoms with Gasteiger partial charge < -0.3 is 9.84 Å². The lowest BCUT2D eigenvalue weighted by atomic mass is 10.1. The van der Waals surface area contributed by atoms with Crippen LogP contribution in [0.3, 0.4) is 0 Å². The summed E-state index contributed by atoms with van der Waals surface area (Å²) in [4.78, 5) is 10.9. The molecule has 8 heteroatoms. The first-order valence-electron chi connectivity index (χ1n) is 5.36. The van der Waals surface area contributed by atoms with Crippen molar-refractivity contribution in [1.82, 2.24) is 9.78 Å². The Morgan fingerprint density at radius 3 is 2.60 bits per heavy atom. The van der Waals surface area contributed by atoms with E-state index in [-0.39, 0.29) is 27.2 Å². The molecule has 0 amide bonds. The van der Waals surface area contributed by atoms with E-state index in [1.165, 1.54) is 24.9 Å². The third kappa shape index (κ3) is 2.26. The average Bonchev–Trinajstić information content (AvgIpc) is 2.78. The maximum absolute atomic E-state index is 13.9. The standard InChI is InChI=1S/C12H9BrF2N2O3/c1-17-8(4-7(16-17)12(18)19)5-3-6(14)9(13)10(15)11(5)20-2/h3-4H,1-2H3,(H,18,19). The van der Waals surface area contributed by atoms with Crippen LogP contribution in [0.2, 0.25) is 0 Å². The van der Waals surface area contributed by atoms with E-state index in [0.717, 1.165) is 6.07 Å². The molecule has 0 atom stereocenters. The van der Waals surface area contributed by atoms with Gasteiger partial charge in [0.15, 0.2) is 17.3 Å². The zero-order valence-electron chi connectivity index (χ0n) is 10.4. The lowest BCUT2D eigenvalue weighted by molar-refractivity contribution is 0.0689. The third-order valence-electron chi connectivity index (χ3n) is 2.70. The smallest absolute Gasteiger partial charge is 0.356 e. The summed E-state index contributed by atoms with van der Waals surface area (Å²) in [6.07, 6.45) is 0. The van der Waals surface area contributed by atoms with Crippen molar-refractivity contribution in [3.8, 4) is 17.0 Å². The lowest BCUT2D eigenvalue weighted by Crippen LogP contribution is -2.01. The van der Waals surface area contributed by atoms with Crippen LogP contribution in [0, 0.1) is 11.6 Å². The molecule has 0 aliphatic heterocycles. The van der Waals surface area contributed by atoms with Gasteiger partial charge in [0.25, 0.3) is 0 Å². The van der Waals surface area contributed by atoms with Crippen LogP contribution in [0.1, 0.15) is 10.5 Å². The number of methoxy groups -OCH3 is 1. The zero-order chi connectivity index (χ0) is 15.0. The van der Waals surface area contributed by atoms with E-state index in [2.05, 4.69) is 21.0 Å². The summed E-state index contributed by atoms with van der Waals surface area (Å²) in [6.45, 7) is 0. The largest absolute Gasteiger partial charge is 0.493 e. The molecule has 0 radical (unpaired) electrons. The highest BCUT2D eigenvalue weighted by atomic mass is 79.9. The second kappa shape index (κ2) is 5.20. The van der Waals surface area contributed by atoms with Crippen LogP contribution < -0.4 is 4.74 Å². The van der Waals surface area contributed by atoms with Gasteiger partial charge in [0, 0.05) is 12.6 Å². The number of aromatic carboxylic acids is 1. The van der Waals surface area contributed by atoms with E-state index in [9.17, 15) is 13.6 Å². The monoisotopic (exact) mass is 346 g/mol. The Kier molecular flexibility index (Phi) is 3.76. The third-order valence-corrected chi connectivity index (χ3v) is 3.42. The number of hydrogen-bond donors (Lipinski definition) is 1. The van der Waals surface area contributed by atoms with Crippen LogP contribution in [0.15, 0.2) is 16.6 Å². The van der Waals surface area contributed by atoms with Gasteiger partial charge >= 0.3 is 5.97 Å². The summed E-state index contributed by atoms with van der Waals surface area (Å²) >= 11 is 2.78. The molecule has 0 bridgehead atoms. The molecule has 0 saturated carbocycles. The molecule has 0 saturated heterocycles. The number of carbonyl (C=O) groups is 1. The summed E-state index contributed by atoms with van der Waals surface area (Å²) in [7, 11) is 2.71. The van der Waals surface area contributed by atoms with Crippen molar-refractivity contribution >= 4 is 21.9 Å². The normalized spacial score (nSPS) is 10.7. The molecule has 0 fully saturated rings. The molecule has 2 rings (SSSR count). The van der Waals surface area contributed by atoms with Crippen LogP contribution in [-0.2, 0) is 7.05 Å². The van der Waals surface area contributed by atoms with E-state index < -0.39 is 17.6 Å². The molecule has 1 N–H and O–H groups in total. The second-order valence-corrected chi connectivity index (χ2v) is 4.70. The maximum atomic E-state index is 13.9. The molecule has 1 heterocycles. The minimum atomic E-state index is -1.23. The lowest BCUT2D eigenvalue weighted by Gasteiger charge is -2.11. The van der Waals surface area contributed by atoms with Crippen LogP contribution in [0.4, 0.5) is 8.78 Å². The van der Waals surface area contributed by atoms with Gasteiger partial charge in [-0.25, -0.2) is 13.6 Å². The van der Waals surface area contributed by atoms with Gasteiger partial charge in [-0.05, 0) is 28.1 Å². The summed E-state index contributed by atoms with van der Waals surface area (Å²) in [5.74, 6) is -3.15. The Bertz CT molecular complexity index is 700. The van der Waals surface area contributed by atoms with Crippen molar-refractivity contribution in [2.24, 2.45) is 7.05 Å². The van der Waals surface area contributed by atoms with Gasteiger partial charge in [-0.15, -0.1) is 0 Å². The highest BCUT2D eigenvalue weighted by Crippen LogP contribution is 2.37. The molecule has 0 aliphatic rings. The molecule has 5 nitrogen and oxygen atoms in total. The Morgan fingerprint density at radius 1 is 1.45 bits per heavy atom. The Labute approximate surface area is 120 Å². The average molecular weight is 347 g/mol. The highest BCUT2D eigenvalue weighted by Gasteiger charge is 2.22. The summed E-state index contributed by atoms with van der Waals surface area (Å²) < 4.78 is 33.4. The molecule has 0 spiro atoms. The van der Waals surface area contributed by atoms with E-state index in [0.29, 0.717) is 0 Å². The van der Waals surface area contributed by atoms with Gasteiger partial charge in [0.2, 0.25) is 0 Å². The van der Waals surface area contributed by atoms with Crippen molar-refractivity contribution in [3.63, 3.8) is 0 Å². The summed E-state index contributed by atoms with van der Waals surface area (Å²) in [5, 5.41) is 12.6. The minimum absolute atomic E-state index is 0.0770. The number of carboxylic acids is 1. The molecule has 1 aromatic heterocycles. The fourth-order valence-corrected chi connectivity index (χ4v) is 2.09. The van der Waals surface area contributed by atoms with Gasteiger partial charge in [-0.1, -0.05) is 0 Å². The van der Waals surface area contributed by atoms with Crippen LogP contribution in [-0.4, -0.2) is 28.0 Å². The number of halogens is 3. The molecular formula is C12H9BrF2N2O3. The second-order valence-electron chi connectivity index (χ2n) is 3.91. The number of aromatic nitrogens is 2. The van der Waals surface area contributed by atoms with Crippen LogP contribution >= 0.6 is 15.9 Å². The zero-order valence-corrected chi connectivity index (χ0v) is 12.0. The maximum Gasteiger partial charge on any atom is 0.356 e. The number of carboxylic acid groups (broad SMARTS) is 1. The van der Waals surface area contributed by atoms with Crippen LogP contribution in [0.5, 0.6) is 5.75 Å². The number of rotatable bonds is 3. The predicted octanol–water partition coefficient (Wildman–Crippen LogP) is 2.83. The molecule has 1 aromatic carbocycles. The molecule has 2 aromatic rings. The molecule has 0 aliphatic carbocycles. The number of nitrogens with zero attached hydrogens (tertiary/aromatic N) is 2. The Balaban J connectivity index is 2.72. The first kappa shape index (κ1) is 14.4. The van der Waals surface area contributed by atoms with Crippen molar-refractivity contribution in [2.45, 2.75) is 0 Å². The van der Waals surface area contributed by atoms with E-state index in [1.54, 1.807) is 0 Å². The van der Waals surface area contributed by atoms with Gasteiger partial charge in [-0.3, -0.25) is 4.68 Å². The van der Waals surface area contributed by atoms with Crippen molar-refractivity contribution in [2.75, 3.05) is 7.11 Å². The minimum Gasteiger partial charge on any atom is -0.493 e. The van der Waals surface area contributed by atoms with E-state index in [1.807, 2.05) is 0 Å². The first-order valence-corrected chi connectivity index (χ1v) is 6.15. The van der Waals surface area contributed by atoms with Crippen molar-refractivity contribution < 1.29 is 23.4 Å². The Hall–Kier alpha value is -1.96. The summed E-state index contributed by atoms with van der Waals surface area (Å²) in [6, 6.07) is 2.27. The van der Waals surface area contributed by atoms with E-state index in [4.69, 9.17) is 9.84 Å². The number of ether oxygens (including phenoxy) is 1. The van der Waals surface area contributed by atoms with Gasteiger partial charge in [0.05, 0.1) is 17.3 Å². The molecule has 0 unspecified atom stereocenters. The summed E-state index contributed by atoms with van der Waals surface area (Å²) in [5.41, 5.74) is 0.0750. The van der Waals surface area contributed by atoms with E-state index >= 15 is 0 Å². The highest BCUT2D eigenvalue weighted by molar-refractivity contribution is 9.10. The first-order chi connectivity index (χ1) is 9.36. The molecular weight excluding hydrogens is 338 g/mol. The fourth-order valence-electron chi connectivity index (χ4n) is 1.79. The van der Waals surface area contributed by atoms with Crippen molar-refractivity contribution in [3.05, 3.63) is 33.9 Å². The quantitative estimate of drug-likeness (QED) is 0.868. The van der Waals surface area contributed by atoms with Gasteiger partial charge in [-0.2, -0.15) is 5.10 Å². The Morgan fingerprint density at radius 2 is 2.10 bits per heavy atom. The number of hydrogen-bond acceptors (Lipinski definition) is 3. The molecule has 20 heavy (non-hydrogen) atoms. The number of benzene rings is 1. The SMILES string of the molecule is COc1c(-c2cc(C(=O)O)nn2C)cc(F)c(Br)c1F. The fraction of sp³-hybridized carbons (Fsp3) is 0.167. The predicted molar refractivity (Wildman–Crippen MR) is 69.8 cm³/mol. The number of aryl methyl sites for hydroxylation is 1. The van der Waals surface area contributed by atoms with Crippen molar-refractivity contribution in [1.29, 1.82) is 0 Å². The molecule has 106 valence electrons. The van der Waals surface area contributed by atoms with Gasteiger partial charge in [0.1, 0.15) is 5.82 Å². The topological polar surface area (TPSA) is 64.3 Å².